The lowest BCUT2D eigenvalue weighted by molar-refractivity contribution is -0.140. The lowest BCUT2D eigenvalue weighted by atomic mass is 10.2. The number of esters is 1. The second-order valence-corrected chi connectivity index (χ2v) is 9.52. The molecule has 0 saturated heterocycles. The number of unbranched alkanes of at least 4 members (excludes halogenated alkanes) is 2. The van der Waals surface area contributed by atoms with E-state index in [-0.39, 0.29) is 11.9 Å². The molecular formula is C31H36N4O5. The van der Waals surface area contributed by atoms with Gasteiger partial charge in [-0.25, -0.2) is 4.98 Å². The molecule has 0 aliphatic carbocycles. The zero-order chi connectivity index (χ0) is 28.3. The fourth-order valence-corrected chi connectivity index (χ4v) is 4.50. The summed E-state index contributed by atoms with van der Waals surface area (Å²) < 4.78 is 18.2. The first-order valence-corrected chi connectivity index (χ1v) is 13.5. The Morgan fingerprint density at radius 1 is 0.950 bits per heavy atom. The van der Waals surface area contributed by atoms with Gasteiger partial charge in [0.15, 0.2) is 0 Å². The predicted molar refractivity (Wildman–Crippen MR) is 154 cm³/mol. The molecule has 0 aliphatic rings. The zero-order valence-corrected chi connectivity index (χ0v) is 23.3. The number of nitrogens with zero attached hydrogens (tertiary/aromatic N) is 4. The molecule has 40 heavy (non-hydrogen) atoms. The van der Waals surface area contributed by atoms with Gasteiger partial charge >= 0.3 is 5.97 Å². The molecule has 0 N–H and O–H groups in total. The predicted octanol–water partition coefficient (Wildman–Crippen LogP) is 5.38. The number of ether oxygens (including phenoxy) is 3. The van der Waals surface area contributed by atoms with Gasteiger partial charge in [0.1, 0.15) is 17.3 Å². The van der Waals surface area contributed by atoms with Gasteiger partial charge in [-0.1, -0.05) is 0 Å². The van der Waals surface area contributed by atoms with E-state index in [1.54, 1.807) is 36.5 Å². The van der Waals surface area contributed by atoms with Crippen LogP contribution >= 0.6 is 0 Å². The summed E-state index contributed by atoms with van der Waals surface area (Å²) in [5, 5.41) is 0. The normalized spacial score (nSPS) is 10.9. The third-order valence-corrected chi connectivity index (χ3v) is 6.72. The molecule has 0 bridgehead atoms. The number of fused-ring (bicyclic) bond motifs is 1. The SMILES string of the molecule is COC(=O)CCCCCOc1ccc2nc(-c3ccc(OC)cc3)n(CCCN(C)C(=O)c3cccnc3)c2c1. The van der Waals surface area contributed by atoms with Gasteiger partial charge in [0.05, 0.1) is 37.4 Å². The van der Waals surface area contributed by atoms with Crippen LogP contribution in [0.15, 0.2) is 67.0 Å². The van der Waals surface area contributed by atoms with Crippen molar-refractivity contribution in [1.29, 1.82) is 0 Å². The Balaban J connectivity index is 1.48. The van der Waals surface area contributed by atoms with E-state index in [1.807, 2.05) is 49.5 Å². The van der Waals surface area contributed by atoms with E-state index in [4.69, 9.17) is 14.5 Å². The molecule has 1 amide bonds. The number of carbonyl (C=O) groups is 2. The number of hydrogen-bond donors (Lipinski definition) is 0. The molecule has 0 fully saturated rings. The van der Waals surface area contributed by atoms with Crippen LogP contribution in [0.2, 0.25) is 0 Å². The van der Waals surface area contributed by atoms with Crippen LogP contribution in [0.25, 0.3) is 22.4 Å². The second-order valence-electron chi connectivity index (χ2n) is 9.52. The molecular weight excluding hydrogens is 508 g/mol. The standard InChI is InChI=1S/C31H36N4O5/c1-34(31(37)24-9-7-17-32-22-24)18-8-19-35-28-21-26(40-20-6-4-5-10-29(36)39-3)15-16-27(28)33-30(35)23-11-13-25(38-2)14-12-23/h7,9,11-17,21-22H,4-6,8,10,18-20H2,1-3H3. The molecule has 0 spiro atoms. The zero-order valence-electron chi connectivity index (χ0n) is 23.3. The molecule has 2 heterocycles. The Labute approximate surface area is 234 Å². The monoisotopic (exact) mass is 544 g/mol. The Morgan fingerprint density at radius 3 is 2.48 bits per heavy atom. The molecule has 4 rings (SSSR count). The molecule has 4 aromatic rings. The summed E-state index contributed by atoms with van der Waals surface area (Å²) in [5.41, 5.74) is 3.39. The number of amides is 1. The van der Waals surface area contributed by atoms with Gasteiger partial charge < -0.3 is 23.7 Å². The topological polar surface area (TPSA) is 95.8 Å². The van der Waals surface area contributed by atoms with Gasteiger partial charge in [-0.3, -0.25) is 14.6 Å². The average Bonchev–Trinajstić information content (AvgIpc) is 3.36. The number of aryl methyl sites for hydroxylation is 1. The van der Waals surface area contributed by atoms with Gasteiger partial charge in [-0.05, 0) is 74.2 Å². The van der Waals surface area contributed by atoms with Crippen molar-refractivity contribution in [3.8, 4) is 22.9 Å². The van der Waals surface area contributed by atoms with Crippen LogP contribution in [0.4, 0.5) is 0 Å². The molecule has 0 aliphatic heterocycles. The van der Waals surface area contributed by atoms with Gasteiger partial charge in [-0.15, -0.1) is 0 Å². The van der Waals surface area contributed by atoms with E-state index >= 15 is 0 Å². The Morgan fingerprint density at radius 2 is 1.75 bits per heavy atom. The number of hydrogen-bond acceptors (Lipinski definition) is 7. The fraction of sp³-hybridized carbons (Fsp3) is 0.355. The summed E-state index contributed by atoms with van der Waals surface area (Å²) in [7, 11) is 4.86. The summed E-state index contributed by atoms with van der Waals surface area (Å²) in [6.07, 6.45) is 6.94. The van der Waals surface area contributed by atoms with Crippen molar-refractivity contribution in [3.63, 3.8) is 0 Å². The van der Waals surface area contributed by atoms with Crippen molar-refractivity contribution in [2.24, 2.45) is 0 Å². The largest absolute Gasteiger partial charge is 0.497 e. The number of aromatic nitrogens is 3. The van der Waals surface area contributed by atoms with E-state index in [0.717, 1.165) is 59.6 Å². The number of pyridine rings is 1. The van der Waals surface area contributed by atoms with Crippen molar-refractivity contribution in [3.05, 3.63) is 72.6 Å². The molecule has 9 heteroatoms. The van der Waals surface area contributed by atoms with Crippen LogP contribution in [0, 0.1) is 0 Å². The lowest BCUT2D eigenvalue weighted by Crippen LogP contribution is -2.28. The molecule has 2 aromatic heterocycles. The molecule has 0 unspecified atom stereocenters. The van der Waals surface area contributed by atoms with E-state index < -0.39 is 0 Å². The smallest absolute Gasteiger partial charge is 0.305 e. The maximum atomic E-state index is 12.8. The Bertz CT molecular complexity index is 1400. The van der Waals surface area contributed by atoms with Crippen molar-refractivity contribution in [2.75, 3.05) is 34.4 Å². The van der Waals surface area contributed by atoms with Crippen LogP contribution in [-0.2, 0) is 16.1 Å². The highest BCUT2D eigenvalue weighted by Gasteiger charge is 2.16. The summed E-state index contributed by atoms with van der Waals surface area (Å²) in [4.78, 5) is 34.8. The number of carbonyl (C=O) groups excluding carboxylic acids is 2. The first kappa shape index (κ1) is 28.6. The van der Waals surface area contributed by atoms with E-state index in [2.05, 4.69) is 14.3 Å². The summed E-state index contributed by atoms with van der Waals surface area (Å²) in [5.74, 6) is 2.16. The molecule has 2 aromatic carbocycles. The summed E-state index contributed by atoms with van der Waals surface area (Å²) in [6, 6.07) is 17.3. The first-order valence-electron chi connectivity index (χ1n) is 13.5. The van der Waals surface area contributed by atoms with Crippen molar-refractivity contribution in [2.45, 2.75) is 38.6 Å². The third kappa shape index (κ3) is 7.37. The van der Waals surface area contributed by atoms with E-state index in [0.29, 0.717) is 31.7 Å². The van der Waals surface area contributed by atoms with Crippen LogP contribution in [0.3, 0.4) is 0 Å². The highest BCUT2D eigenvalue weighted by atomic mass is 16.5. The van der Waals surface area contributed by atoms with Crippen molar-refractivity contribution >= 4 is 22.9 Å². The quantitative estimate of drug-likeness (QED) is 0.155. The van der Waals surface area contributed by atoms with Gasteiger partial charge in [0.2, 0.25) is 0 Å². The number of imidazole rings is 1. The van der Waals surface area contributed by atoms with Crippen LogP contribution in [-0.4, -0.2) is 65.7 Å². The number of benzene rings is 2. The number of methoxy groups -OCH3 is 2. The molecule has 0 saturated carbocycles. The first-order chi connectivity index (χ1) is 19.5. The van der Waals surface area contributed by atoms with Gasteiger partial charge in [0, 0.05) is 50.6 Å². The number of rotatable bonds is 14. The highest BCUT2D eigenvalue weighted by Crippen LogP contribution is 2.29. The van der Waals surface area contributed by atoms with Gasteiger partial charge in [-0.2, -0.15) is 0 Å². The average molecular weight is 545 g/mol. The molecule has 9 nitrogen and oxygen atoms in total. The minimum Gasteiger partial charge on any atom is -0.497 e. The molecule has 210 valence electrons. The summed E-state index contributed by atoms with van der Waals surface area (Å²) >= 11 is 0. The maximum Gasteiger partial charge on any atom is 0.305 e. The summed E-state index contributed by atoms with van der Waals surface area (Å²) in [6.45, 7) is 1.81. The Hall–Kier alpha value is -4.40. The third-order valence-electron chi connectivity index (χ3n) is 6.72. The van der Waals surface area contributed by atoms with Crippen LogP contribution in [0.5, 0.6) is 11.5 Å². The highest BCUT2D eigenvalue weighted by molar-refractivity contribution is 5.93. The lowest BCUT2D eigenvalue weighted by Gasteiger charge is -2.18. The van der Waals surface area contributed by atoms with E-state index in [9.17, 15) is 9.59 Å². The van der Waals surface area contributed by atoms with Crippen molar-refractivity contribution in [1.82, 2.24) is 19.4 Å². The maximum absolute atomic E-state index is 12.8. The van der Waals surface area contributed by atoms with Crippen molar-refractivity contribution < 1.29 is 23.8 Å². The van der Waals surface area contributed by atoms with Crippen LogP contribution < -0.4 is 9.47 Å². The molecule has 0 radical (unpaired) electrons. The second kappa shape index (κ2) is 14.1. The Kier molecular flexibility index (Phi) is 10.1. The molecule has 0 atom stereocenters. The van der Waals surface area contributed by atoms with E-state index in [1.165, 1.54) is 7.11 Å². The van der Waals surface area contributed by atoms with Crippen LogP contribution in [0.1, 0.15) is 42.5 Å². The van der Waals surface area contributed by atoms with Gasteiger partial charge in [0.25, 0.3) is 5.91 Å². The minimum absolute atomic E-state index is 0.0544. The minimum atomic E-state index is -0.181. The fourth-order valence-electron chi connectivity index (χ4n) is 4.50.